The van der Waals surface area contributed by atoms with Crippen LogP contribution in [0.15, 0.2) is 42.6 Å². The highest BCUT2D eigenvalue weighted by Crippen LogP contribution is 2.22. The summed E-state index contributed by atoms with van der Waals surface area (Å²) in [4.78, 5) is 15.2. The molecule has 0 saturated heterocycles. The largest absolute Gasteiger partial charge is 0.481 e. The van der Waals surface area contributed by atoms with E-state index in [1.54, 1.807) is 26.3 Å². The second-order valence-electron chi connectivity index (χ2n) is 4.88. The topological polar surface area (TPSA) is 90.1 Å². The lowest BCUT2D eigenvalue weighted by Crippen LogP contribution is -2.02. The zero-order valence-corrected chi connectivity index (χ0v) is 12.6. The molecule has 0 aliphatic carbocycles. The molecule has 3 rings (SSSR count). The van der Waals surface area contributed by atoms with Crippen LogP contribution in [0.3, 0.4) is 0 Å². The molecule has 23 heavy (non-hydrogen) atoms. The highest BCUT2D eigenvalue weighted by molar-refractivity contribution is 5.86. The lowest BCUT2D eigenvalue weighted by atomic mass is 10.1. The van der Waals surface area contributed by atoms with E-state index in [1.165, 1.54) is 4.68 Å². The van der Waals surface area contributed by atoms with E-state index in [0.717, 1.165) is 16.8 Å². The van der Waals surface area contributed by atoms with Crippen molar-refractivity contribution in [3.63, 3.8) is 0 Å². The molecule has 1 N–H and O–H groups in total. The molecule has 2 heterocycles. The average Bonchev–Trinajstić information content (AvgIpc) is 2.97. The number of carboxylic acid groups (broad SMARTS) is 1. The summed E-state index contributed by atoms with van der Waals surface area (Å²) in [6.07, 6.45) is 1.73. The molecule has 0 bridgehead atoms. The van der Waals surface area contributed by atoms with Crippen LogP contribution in [-0.4, -0.2) is 38.2 Å². The van der Waals surface area contributed by atoms with Crippen molar-refractivity contribution < 1.29 is 14.6 Å². The van der Waals surface area contributed by atoms with Gasteiger partial charge in [-0.3, -0.25) is 0 Å². The fourth-order valence-corrected chi connectivity index (χ4v) is 2.24. The SMILES string of the molecule is COc1ccc(-c2ccc(-n3nnc(C(=O)O)c3C)cc2)cn1. The van der Waals surface area contributed by atoms with Crippen LogP contribution in [0.2, 0.25) is 0 Å². The van der Waals surface area contributed by atoms with Gasteiger partial charge in [0.2, 0.25) is 5.88 Å². The van der Waals surface area contributed by atoms with Crippen molar-refractivity contribution in [1.29, 1.82) is 0 Å². The van der Waals surface area contributed by atoms with Gasteiger partial charge >= 0.3 is 5.97 Å². The van der Waals surface area contributed by atoms with Gasteiger partial charge in [0.25, 0.3) is 0 Å². The molecule has 7 nitrogen and oxygen atoms in total. The maximum Gasteiger partial charge on any atom is 0.358 e. The standard InChI is InChI=1S/C16H14N4O3/c1-10-15(16(21)22)18-19-20(10)13-6-3-11(4-7-13)12-5-8-14(23-2)17-9-12/h3-9H,1-2H3,(H,21,22). The lowest BCUT2D eigenvalue weighted by molar-refractivity contribution is 0.0689. The van der Waals surface area contributed by atoms with Crippen molar-refractivity contribution in [1.82, 2.24) is 20.0 Å². The molecule has 0 aliphatic rings. The number of benzene rings is 1. The summed E-state index contributed by atoms with van der Waals surface area (Å²) in [5.41, 5.74) is 3.12. The number of hydrogen-bond acceptors (Lipinski definition) is 5. The number of aromatic nitrogens is 4. The fourth-order valence-electron chi connectivity index (χ4n) is 2.24. The summed E-state index contributed by atoms with van der Waals surface area (Å²) in [5.74, 6) is -0.528. The third kappa shape index (κ3) is 2.76. The van der Waals surface area contributed by atoms with Crippen molar-refractivity contribution in [2.45, 2.75) is 6.92 Å². The van der Waals surface area contributed by atoms with Gasteiger partial charge in [-0.1, -0.05) is 17.3 Å². The van der Waals surface area contributed by atoms with Crippen LogP contribution >= 0.6 is 0 Å². The quantitative estimate of drug-likeness (QED) is 0.795. The van der Waals surface area contributed by atoms with E-state index < -0.39 is 5.97 Å². The third-order valence-electron chi connectivity index (χ3n) is 3.49. The molecule has 0 fully saturated rings. The monoisotopic (exact) mass is 310 g/mol. The van der Waals surface area contributed by atoms with E-state index in [4.69, 9.17) is 9.84 Å². The molecule has 0 amide bonds. The fraction of sp³-hybridized carbons (Fsp3) is 0.125. The summed E-state index contributed by atoms with van der Waals surface area (Å²) < 4.78 is 6.54. The van der Waals surface area contributed by atoms with Crippen LogP contribution in [0.4, 0.5) is 0 Å². The Kier molecular flexibility index (Phi) is 3.76. The average molecular weight is 310 g/mol. The number of methoxy groups -OCH3 is 1. The van der Waals surface area contributed by atoms with Gasteiger partial charge in [-0.15, -0.1) is 5.10 Å². The van der Waals surface area contributed by atoms with Gasteiger partial charge in [0.1, 0.15) is 0 Å². The Labute approximate surface area is 132 Å². The predicted octanol–water partition coefficient (Wildman–Crippen LogP) is 2.34. The Bertz CT molecular complexity index is 839. The molecule has 116 valence electrons. The first-order valence-corrected chi connectivity index (χ1v) is 6.86. The molecule has 0 aliphatic heterocycles. The van der Waals surface area contributed by atoms with Gasteiger partial charge in [-0.2, -0.15) is 0 Å². The summed E-state index contributed by atoms with van der Waals surface area (Å²) in [6, 6.07) is 11.3. The van der Waals surface area contributed by atoms with Crippen molar-refractivity contribution >= 4 is 5.97 Å². The first kappa shape index (κ1) is 14.7. The molecule has 0 spiro atoms. The van der Waals surface area contributed by atoms with E-state index in [1.807, 2.05) is 30.3 Å². The summed E-state index contributed by atoms with van der Waals surface area (Å²) >= 11 is 0. The first-order chi connectivity index (χ1) is 11.1. The van der Waals surface area contributed by atoms with Crippen LogP contribution in [-0.2, 0) is 0 Å². The number of carbonyl (C=O) groups is 1. The van der Waals surface area contributed by atoms with Gasteiger partial charge in [0, 0.05) is 17.8 Å². The van der Waals surface area contributed by atoms with Crippen molar-refractivity contribution in [3.8, 4) is 22.7 Å². The number of nitrogens with zero attached hydrogens (tertiary/aromatic N) is 4. The number of pyridine rings is 1. The Morgan fingerprint density at radius 3 is 2.35 bits per heavy atom. The number of aromatic carboxylic acids is 1. The summed E-state index contributed by atoms with van der Waals surface area (Å²) in [5, 5.41) is 16.6. The van der Waals surface area contributed by atoms with E-state index in [0.29, 0.717) is 11.6 Å². The predicted molar refractivity (Wildman–Crippen MR) is 82.8 cm³/mol. The van der Waals surface area contributed by atoms with Gasteiger partial charge in [-0.25, -0.2) is 14.5 Å². The van der Waals surface area contributed by atoms with E-state index in [2.05, 4.69) is 15.3 Å². The van der Waals surface area contributed by atoms with E-state index >= 15 is 0 Å². The van der Waals surface area contributed by atoms with Gasteiger partial charge < -0.3 is 9.84 Å². The Balaban J connectivity index is 1.91. The smallest absolute Gasteiger partial charge is 0.358 e. The first-order valence-electron chi connectivity index (χ1n) is 6.86. The number of ether oxygens (including phenoxy) is 1. The van der Waals surface area contributed by atoms with E-state index in [-0.39, 0.29) is 5.69 Å². The molecular formula is C16H14N4O3. The van der Waals surface area contributed by atoms with Crippen LogP contribution in [0, 0.1) is 6.92 Å². The molecule has 0 saturated carbocycles. The maximum absolute atomic E-state index is 11.0. The van der Waals surface area contributed by atoms with E-state index in [9.17, 15) is 4.79 Å². The zero-order chi connectivity index (χ0) is 16.4. The molecular weight excluding hydrogens is 296 g/mol. The lowest BCUT2D eigenvalue weighted by Gasteiger charge is -2.06. The highest BCUT2D eigenvalue weighted by Gasteiger charge is 2.15. The molecule has 3 aromatic rings. The van der Waals surface area contributed by atoms with Crippen molar-refractivity contribution in [2.24, 2.45) is 0 Å². The van der Waals surface area contributed by atoms with Crippen LogP contribution < -0.4 is 4.74 Å². The molecule has 0 atom stereocenters. The second-order valence-corrected chi connectivity index (χ2v) is 4.88. The van der Waals surface area contributed by atoms with Crippen molar-refractivity contribution in [3.05, 3.63) is 54.0 Å². The number of rotatable bonds is 4. The summed E-state index contributed by atoms with van der Waals surface area (Å²) in [7, 11) is 1.57. The molecule has 2 aromatic heterocycles. The highest BCUT2D eigenvalue weighted by atomic mass is 16.5. The summed E-state index contributed by atoms with van der Waals surface area (Å²) in [6.45, 7) is 1.67. The second kappa shape index (κ2) is 5.88. The molecule has 0 radical (unpaired) electrons. The van der Waals surface area contributed by atoms with Crippen LogP contribution in [0.25, 0.3) is 16.8 Å². The normalized spacial score (nSPS) is 10.5. The van der Waals surface area contributed by atoms with Gasteiger partial charge in [0.05, 0.1) is 18.5 Å². The molecule has 7 heteroatoms. The minimum absolute atomic E-state index is 0.0477. The minimum Gasteiger partial charge on any atom is -0.481 e. The Hall–Kier alpha value is -3.22. The maximum atomic E-state index is 11.0. The van der Waals surface area contributed by atoms with Crippen LogP contribution in [0.5, 0.6) is 5.88 Å². The Morgan fingerprint density at radius 2 is 1.83 bits per heavy atom. The third-order valence-corrected chi connectivity index (χ3v) is 3.49. The van der Waals surface area contributed by atoms with Crippen molar-refractivity contribution in [2.75, 3.05) is 7.11 Å². The van der Waals surface area contributed by atoms with Gasteiger partial charge in [0.15, 0.2) is 5.69 Å². The van der Waals surface area contributed by atoms with Gasteiger partial charge in [-0.05, 0) is 30.7 Å². The zero-order valence-electron chi connectivity index (χ0n) is 12.6. The van der Waals surface area contributed by atoms with Crippen LogP contribution in [0.1, 0.15) is 16.2 Å². The molecule has 1 aromatic carbocycles. The minimum atomic E-state index is -1.09. The number of hydrogen-bond donors (Lipinski definition) is 1. The molecule has 0 unspecified atom stereocenters. The Morgan fingerprint density at radius 1 is 1.13 bits per heavy atom. The number of carboxylic acids is 1.